The van der Waals surface area contributed by atoms with E-state index in [2.05, 4.69) is 217 Å². The summed E-state index contributed by atoms with van der Waals surface area (Å²) >= 11 is 0. The summed E-state index contributed by atoms with van der Waals surface area (Å²) in [6.07, 6.45) is 0. The first-order valence-electron chi connectivity index (χ1n) is 18.4. The van der Waals surface area contributed by atoms with E-state index in [9.17, 15) is 0 Å². The Labute approximate surface area is 310 Å². The van der Waals surface area contributed by atoms with Crippen LogP contribution in [0.25, 0.3) is 60.9 Å². The summed E-state index contributed by atoms with van der Waals surface area (Å²) in [5.74, 6) is 0. The van der Waals surface area contributed by atoms with Gasteiger partial charge in [-0.2, -0.15) is 0 Å². The highest BCUT2D eigenvalue weighted by molar-refractivity contribution is 6.10. The molecule has 0 bridgehead atoms. The first-order valence-corrected chi connectivity index (χ1v) is 18.4. The number of rotatable bonds is 6. The molecule has 1 aliphatic rings. The first-order chi connectivity index (χ1) is 26.0. The maximum atomic E-state index is 2.41. The zero-order chi connectivity index (χ0) is 35.5. The number of hydrogen-bond acceptors (Lipinski definition) is 1. The Kier molecular flexibility index (Phi) is 7.19. The van der Waals surface area contributed by atoms with Crippen LogP contribution in [-0.4, -0.2) is 4.57 Å². The van der Waals surface area contributed by atoms with Crippen molar-refractivity contribution in [1.29, 1.82) is 0 Å². The standard InChI is InChI=1S/C51H38N2/c1-51(2)47-22-11-9-20-43(47)44-30-29-42(34-48(44)51)52(41-19-13-16-37(32-41)35-14-5-3-6-15-35)40-27-24-36(25-28-40)38-26-31-50-46(33-38)45-21-10-12-23-49(45)53(50)39-17-7-4-8-18-39/h3-34H,1-2H3. The molecule has 252 valence electrons. The highest BCUT2D eigenvalue weighted by Gasteiger charge is 2.35. The zero-order valence-electron chi connectivity index (χ0n) is 29.9. The van der Waals surface area contributed by atoms with E-state index in [-0.39, 0.29) is 5.41 Å². The lowest BCUT2D eigenvalue weighted by atomic mass is 9.82. The minimum Gasteiger partial charge on any atom is -0.310 e. The van der Waals surface area contributed by atoms with E-state index in [0.29, 0.717) is 0 Å². The number of anilines is 3. The second kappa shape index (κ2) is 12.3. The van der Waals surface area contributed by atoms with E-state index in [1.807, 2.05) is 0 Å². The summed E-state index contributed by atoms with van der Waals surface area (Å²) < 4.78 is 2.37. The molecule has 1 aliphatic carbocycles. The summed E-state index contributed by atoms with van der Waals surface area (Å²) in [4.78, 5) is 2.41. The molecule has 1 heterocycles. The van der Waals surface area contributed by atoms with Crippen LogP contribution in [0.3, 0.4) is 0 Å². The maximum absolute atomic E-state index is 2.41. The SMILES string of the molecule is CC1(C)c2ccccc2-c2ccc(N(c3ccc(-c4ccc5c(c4)c4ccccc4n5-c4ccccc4)cc3)c3cccc(-c4ccccc4)c3)cc21. The van der Waals surface area contributed by atoms with E-state index in [1.165, 1.54) is 72.0 Å². The molecule has 0 spiro atoms. The van der Waals surface area contributed by atoms with Gasteiger partial charge in [0.2, 0.25) is 0 Å². The van der Waals surface area contributed by atoms with Crippen molar-refractivity contribution in [3.63, 3.8) is 0 Å². The van der Waals surface area contributed by atoms with Crippen LogP contribution in [0, 0.1) is 0 Å². The molecule has 2 heteroatoms. The molecule has 2 nitrogen and oxygen atoms in total. The fraction of sp³-hybridized carbons (Fsp3) is 0.0588. The van der Waals surface area contributed by atoms with E-state index < -0.39 is 0 Å². The van der Waals surface area contributed by atoms with Gasteiger partial charge in [0.15, 0.2) is 0 Å². The average molecular weight is 679 g/mol. The molecule has 0 atom stereocenters. The normalized spacial score (nSPS) is 12.9. The third kappa shape index (κ3) is 5.10. The van der Waals surface area contributed by atoms with Crippen molar-refractivity contribution >= 4 is 38.9 Å². The van der Waals surface area contributed by atoms with E-state index in [4.69, 9.17) is 0 Å². The van der Waals surface area contributed by atoms with Crippen molar-refractivity contribution < 1.29 is 0 Å². The van der Waals surface area contributed by atoms with Crippen molar-refractivity contribution in [3.05, 3.63) is 205 Å². The number of benzene rings is 8. The molecule has 0 amide bonds. The minimum atomic E-state index is -0.0916. The van der Waals surface area contributed by atoms with Gasteiger partial charge in [0.25, 0.3) is 0 Å². The van der Waals surface area contributed by atoms with Crippen LogP contribution >= 0.6 is 0 Å². The Morgan fingerprint density at radius 1 is 0.377 bits per heavy atom. The molecular formula is C51H38N2. The Morgan fingerprint density at radius 2 is 0.962 bits per heavy atom. The van der Waals surface area contributed by atoms with Crippen LogP contribution in [0.1, 0.15) is 25.0 Å². The topological polar surface area (TPSA) is 8.17 Å². The van der Waals surface area contributed by atoms with Gasteiger partial charge in [0.1, 0.15) is 0 Å². The van der Waals surface area contributed by atoms with Gasteiger partial charge < -0.3 is 9.47 Å². The Morgan fingerprint density at radius 3 is 1.79 bits per heavy atom. The summed E-state index contributed by atoms with van der Waals surface area (Å²) in [5.41, 5.74) is 17.1. The first kappa shape index (κ1) is 31.1. The van der Waals surface area contributed by atoms with Crippen molar-refractivity contribution in [3.8, 4) is 39.1 Å². The lowest BCUT2D eigenvalue weighted by Crippen LogP contribution is -2.16. The van der Waals surface area contributed by atoms with Gasteiger partial charge in [-0.1, -0.05) is 141 Å². The van der Waals surface area contributed by atoms with Gasteiger partial charge >= 0.3 is 0 Å². The minimum absolute atomic E-state index is 0.0916. The van der Waals surface area contributed by atoms with Gasteiger partial charge in [0.05, 0.1) is 11.0 Å². The third-order valence-corrected chi connectivity index (χ3v) is 11.2. The van der Waals surface area contributed by atoms with Gasteiger partial charge in [-0.25, -0.2) is 0 Å². The summed E-state index contributed by atoms with van der Waals surface area (Å²) in [7, 11) is 0. The molecule has 1 aromatic heterocycles. The molecule has 53 heavy (non-hydrogen) atoms. The summed E-state index contributed by atoms with van der Waals surface area (Å²) in [6, 6.07) is 70.8. The Hall–Kier alpha value is -6.64. The molecule has 10 rings (SSSR count). The van der Waals surface area contributed by atoms with Crippen molar-refractivity contribution in [1.82, 2.24) is 4.57 Å². The van der Waals surface area contributed by atoms with Gasteiger partial charge in [-0.15, -0.1) is 0 Å². The predicted octanol–water partition coefficient (Wildman–Crippen LogP) is 13.9. The number of hydrogen-bond donors (Lipinski definition) is 0. The second-order valence-corrected chi connectivity index (χ2v) is 14.6. The largest absolute Gasteiger partial charge is 0.310 e. The number of para-hydroxylation sites is 2. The number of aromatic nitrogens is 1. The summed E-state index contributed by atoms with van der Waals surface area (Å²) in [6.45, 7) is 4.70. The van der Waals surface area contributed by atoms with Crippen molar-refractivity contribution in [2.24, 2.45) is 0 Å². The van der Waals surface area contributed by atoms with Crippen LogP contribution in [0.5, 0.6) is 0 Å². The average Bonchev–Trinajstić information content (AvgIpc) is 3.67. The van der Waals surface area contributed by atoms with Crippen LogP contribution in [0.15, 0.2) is 194 Å². The van der Waals surface area contributed by atoms with Crippen LogP contribution in [0.2, 0.25) is 0 Å². The van der Waals surface area contributed by atoms with Gasteiger partial charge in [-0.05, 0) is 111 Å². The van der Waals surface area contributed by atoms with Crippen molar-refractivity contribution in [2.75, 3.05) is 4.90 Å². The maximum Gasteiger partial charge on any atom is 0.0541 e. The van der Waals surface area contributed by atoms with Crippen LogP contribution < -0.4 is 4.90 Å². The zero-order valence-corrected chi connectivity index (χ0v) is 29.9. The highest BCUT2D eigenvalue weighted by atomic mass is 15.1. The second-order valence-electron chi connectivity index (χ2n) is 14.6. The molecule has 0 radical (unpaired) electrons. The molecular weight excluding hydrogens is 641 g/mol. The third-order valence-electron chi connectivity index (χ3n) is 11.2. The summed E-state index contributed by atoms with van der Waals surface area (Å²) in [5, 5.41) is 2.52. The lowest BCUT2D eigenvalue weighted by molar-refractivity contribution is 0.660. The fourth-order valence-electron chi connectivity index (χ4n) is 8.54. The number of nitrogens with zero attached hydrogens (tertiary/aromatic N) is 2. The van der Waals surface area contributed by atoms with E-state index in [0.717, 1.165) is 17.1 Å². The fourth-order valence-corrected chi connectivity index (χ4v) is 8.54. The lowest BCUT2D eigenvalue weighted by Gasteiger charge is -2.28. The smallest absolute Gasteiger partial charge is 0.0541 e. The molecule has 8 aromatic carbocycles. The molecule has 9 aromatic rings. The van der Waals surface area contributed by atoms with Gasteiger partial charge in [-0.3, -0.25) is 0 Å². The monoisotopic (exact) mass is 678 g/mol. The molecule has 0 N–H and O–H groups in total. The quantitative estimate of drug-likeness (QED) is 0.170. The highest BCUT2D eigenvalue weighted by Crippen LogP contribution is 2.50. The van der Waals surface area contributed by atoms with Crippen LogP contribution in [0.4, 0.5) is 17.1 Å². The molecule has 0 saturated heterocycles. The van der Waals surface area contributed by atoms with Gasteiger partial charge in [0, 0.05) is 38.9 Å². The number of fused-ring (bicyclic) bond motifs is 6. The Bertz CT molecular complexity index is 2790. The molecule has 0 aliphatic heterocycles. The van der Waals surface area contributed by atoms with E-state index in [1.54, 1.807) is 0 Å². The molecule has 0 saturated carbocycles. The van der Waals surface area contributed by atoms with Crippen molar-refractivity contribution in [2.45, 2.75) is 19.3 Å². The molecule has 0 fully saturated rings. The van der Waals surface area contributed by atoms with Crippen LogP contribution in [-0.2, 0) is 5.41 Å². The van der Waals surface area contributed by atoms with E-state index >= 15 is 0 Å². The molecule has 0 unspecified atom stereocenters. The predicted molar refractivity (Wildman–Crippen MR) is 224 cm³/mol. The Balaban J connectivity index is 1.09.